The highest BCUT2D eigenvalue weighted by Gasteiger charge is 2.38. The summed E-state index contributed by atoms with van der Waals surface area (Å²) in [5, 5.41) is 0. The molecule has 3 fully saturated rings. The fraction of sp³-hybridized carbons (Fsp3) is 0.750. The highest BCUT2D eigenvalue weighted by Crippen LogP contribution is 2.38. The monoisotopic (exact) mass is 374 g/mol. The van der Waals surface area contributed by atoms with Crippen molar-refractivity contribution >= 4 is 11.9 Å². The maximum Gasteiger partial charge on any atom is 0.231 e. The number of amides is 1. The highest BCUT2D eigenvalue weighted by molar-refractivity contribution is 5.76. The van der Waals surface area contributed by atoms with Gasteiger partial charge in [-0.2, -0.15) is 9.97 Å². The first-order chi connectivity index (χ1) is 13.2. The van der Waals surface area contributed by atoms with Gasteiger partial charge in [-0.25, -0.2) is 0 Å². The lowest BCUT2D eigenvalue weighted by Crippen LogP contribution is -2.37. The van der Waals surface area contributed by atoms with Crippen LogP contribution in [0.1, 0.15) is 38.5 Å². The lowest BCUT2D eigenvalue weighted by Gasteiger charge is -2.32. The Labute approximate surface area is 161 Å². The van der Waals surface area contributed by atoms with Crippen molar-refractivity contribution in [2.45, 2.75) is 38.5 Å². The van der Waals surface area contributed by atoms with Gasteiger partial charge < -0.3 is 19.3 Å². The van der Waals surface area contributed by atoms with Crippen molar-refractivity contribution in [1.29, 1.82) is 0 Å². The van der Waals surface area contributed by atoms with E-state index in [0.717, 1.165) is 50.9 Å². The van der Waals surface area contributed by atoms with E-state index in [-0.39, 0.29) is 0 Å². The Kier molecular flexibility index (Phi) is 5.36. The molecule has 1 saturated carbocycles. The van der Waals surface area contributed by atoms with E-state index in [1.54, 1.807) is 20.3 Å². The maximum absolute atomic E-state index is 12.7. The van der Waals surface area contributed by atoms with Crippen molar-refractivity contribution < 1.29 is 14.3 Å². The molecule has 4 rings (SSSR count). The summed E-state index contributed by atoms with van der Waals surface area (Å²) in [6.45, 7) is 3.72. The molecule has 0 bridgehead atoms. The van der Waals surface area contributed by atoms with Crippen molar-refractivity contribution in [3.8, 4) is 11.8 Å². The number of carbonyl (C=O) groups is 1. The SMILES string of the molecule is COc1cc(OC)nc(N2CCC(CC(=O)N3CC4CCCC4C3)CC2)n1. The summed E-state index contributed by atoms with van der Waals surface area (Å²) in [5.74, 6) is 4.03. The number of hydrogen-bond acceptors (Lipinski definition) is 6. The van der Waals surface area contributed by atoms with Crippen LogP contribution in [0.4, 0.5) is 5.95 Å². The van der Waals surface area contributed by atoms with Gasteiger partial charge in [0.15, 0.2) is 0 Å². The van der Waals surface area contributed by atoms with Gasteiger partial charge in [0.2, 0.25) is 23.6 Å². The number of hydrogen-bond donors (Lipinski definition) is 0. The molecule has 7 nitrogen and oxygen atoms in total. The second-order valence-corrected chi connectivity index (χ2v) is 8.14. The number of piperidine rings is 1. The lowest BCUT2D eigenvalue weighted by atomic mass is 9.93. The van der Waals surface area contributed by atoms with Gasteiger partial charge in [0, 0.05) is 32.6 Å². The standard InChI is InChI=1S/C20H30N4O3/c1-26-17-11-18(27-2)22-20(21-17)23-8-6-14(7-9-23)10-19(25)24-12-15-4-3-5-16(15)13-24/h11,14-16H,3-10,12-13H2,1-2H3. The molecule has 0 spiro atoms. The third-order valence-corrected chi connectivity index (χ3v) is 6.53. The summed E-state index contributed by atoms with van der Waals surface area (Å²) in [6.07, 6.45) is 6.67. The van der Waals surface area contributed by atoms with Crippen LogP contribution in [-0.2, 0) is 4.79 Å². The van der Waals surface area contributed by atoms with Gasteiger partial charge in [-0.15, -0.1) is 0 Å². The number of rotatable bonds is 5. The molecule has 27 heavy (non-hydrogen) atoms. The summed E-state index contributed by atoms with van der Waals surface area (Å²) in [6, 6.07) is 1.68. The molecule has 148 valence electrons. The first-order valence-corrected chi connectivity index (χ1v) is 10.2. The van der Waals surface area contributed by atoms with E-state index >= 15 is 0 Å². The van der Waals surface area contributed by atoms with Crippen molar-refractivity contribution in [2.24, 2.45) is 17.8 Å². The van der Waals surface area contributed by atoms with Crippen molar-refractivity contribution in [3.63, 3.8) is 0 Å². The zero-order valence-electron chi connectivity index (χ0n) is 16.4. The molecule has 2 aliphatic heterocycles. The molecule has 2 saturated heterocycles. The average molecular weight is 374 g/mol. The van der Waals surface area contributed by atoms with E-state index < -0.39 is 0 Å². The molecular formula is C20H30N4O3. The van der Waals surface area contributed by atoms with E-state index in [9.17, 15) is 4.79 Å². The minimum Gasteiger partial charge on any atom is -0.481 e. The van der Waals surface area contributed by atoms with Crippen LogP contribution in [0.5, 0.6) is 11.8 Å². The zero-order valence-corrected chi connectivity index (χ0v) is 16.4. The predicted molar refractivity (Wildman–Crippen MR) is 102 cm³/mol. The molecule has 1 aromatic rings. The second-order valence-electron chi connectivity index (χ2n) is 8.14. The third-order valence-electron chi connectivity index (χ3n) is 6.53. The molecule has 0 aromatic carbocycles. The number of ether oxygens (including phenoxy) is 2. The van der Waals surface area contributed by atoms with Crippen LogP contribution in [0, 0.1) is 17.8 Å². The molecule has 3 aliphatic rings. The van der Waals surface area contributed by atoms with Gasteiger partial charge in [-0.1, -0.05) is 6.42 Å². The maximum atomic E-state index is 12.7. The Bertz CT molecular complexity index is 641. The Balaban J connectivity index is 1.29. The van der Waals surface area contributed by atoms with Crippen molar-refractivity contribution in [3.05, 3.63) is 6.07 Å². The number of likely N-dealkylation sites (tertiary alicyclic amines) is 1. The highest BCUT2D eigenvalue weighted by atomic mass is 16.5. The topological polar surface area (TPSA) is 67.8 Å². The summed E-state index contributed by atoms with van der Waals surface area (Å²) in [5.41, 5.74) is 0. The molecular weight excluding hydrogens is 344 g/mol. The molecule has 7 heteroatoms. The zero-order chi connectivity index (χ0) is 18.8. The Morgan fingerprint density at radius 3 is 2.19 bits per heavy atom. The van der Waals surface area contributed by atoms with E-state index in [4.69, 9.17) is 9.47 Å². The second kappa shape index (κ2) is 7.90. The number of nitrogens with zero attached hydrogens (tertiary/aromatic N) is 4. The van der Waals surface area contributed by atoms with Crippen LogP contribution < -0.4 is 14.4 Å². The van der Waals surface area contributed by atoms with Crippen LogP contribution in [0.3, 0.4) is 0 Å². The number of aromatic nitrogens is 2. The number of fused-ring (bicyclic) bond motifs is 1. The Morgan fingerprint density at radius 1 is 1.04 bits per heavy atom. The average Bonchev–Trinajstić information content (AvgIpc) is 3.30. The summed E-state index contributed by atoms with van der Waals surface area (Å²) >= 11 is 0. The first-order valence-electron chi connectivity index (χ1n) is 10.2. The fourth-order valence-electron chi connectivity index (χ4n) is 4.89. The van der Waals surface area contributed by atoms with E-state index in [1.165, 1.54) is 19.3 Å². The molecule has 2 atom stereocenters. The van der Waals surface area contributed by atoms with E-state index in [1.807, 2.05) is 0 Å². The minimum atomic E-state index is 0.363. The quantitative estimate of drug-likeness (QED) is 0.788. The van der Waals surface area contributed by atoms with Gasteiger partial charge in [0.25, 0.3) is 0 Å². The predicted octanol–water partition coefficient (Wildman–Crippen LogP) is 2.36. The lowest BCUT2D eigenvalue weighted by molar-refractivity contribution is -0.131. The molecule has 1 aliphatic carbocycles. The molecule has 1 amide bonds. The van der Waals surface area contributed by atoms with Crippen LogP contribution in [0.2, 0.25) is 0 Å². The number of carbonyl (C=O) groups excluding carboxylic acids is 1. The van der Waals surface area contributed by atoms with Gasteiger partial charge >= 0.3 is 0 Å². The Hall–Kier alpha value is -2.05. The summed E-state index contributed by atoms with van der Waals surface area (Å²) in [4.78, 5) is 25.9. The molecule has 0 N–H and O–H groups in total. The minimum absolute atomic E-state index is 0.363. The normalized spacial score (nSPS) is 25.6. The third kappa shape index (κ3) is 3.96. The number of methoxy groups -OCH3 is 2. The van der Waals surface area contributed by atoms with Crippen molar-refractivity contribution in [1.82, 2.24) is 14.9 Å². The smallest absolute Gasteiger partial charge is 0.231 e. The Morgan fingerprint density at radius 2 is 1.63 bits per heavy atom. The fourth-order valence-corrected chi connectivity index (χ4v) is 4.89. The largest absolute Gasteiger partial charge is 0.481 e. The molecule has 1 aromatic heterocycles. The summed E-state index contributed by atoms with van der Waals surface area (Å²) < 4.78 is 10.5. The van der Waals surface area contributed by atoms with Gasteiger partial charge in [0.05, 0.1) is 20.3 Å². The number of anilines is 1. The first kappa shape index (κ1) is 18.3. The van der Waals surface area contributed by atoms with Gasteiger partial charge in [0.1, 0.15) is 0 Å². The van der Waals surface area contributed by atoms with Crippen LogP contribution in [0.25, 0.3) is 0 Å². The summed E-state index contributed by atoms with van der Waals surface area (Å²) in [7, 11) is 3.19. The van der Waals surface area contributed by atoms with Crippen molar-refractivity contribution in [2.75, 3.05) is 45.3 Å². The molecule has 2 unspecified atom stereocenters. The van der Waals surface area contributed by atoms with Crippen LogP contribution in [-0.4, -0.2) is 61.2 Å². The van der Waals surface area contributed by atoms with Gasteiger partial charge in [-0.05, 0) is 43.4 Å². The van der Waals surface area contributed by atoms with Crippen LogP contribution in [0.15, 0.2) is 6.07 Å². The van der Waals surface area contributed by atoms with Gasteiger partial charge in [-0.3, -0.25) is 4.79 Å². The van der Waals surface area contributed by atoms with Crippen LogP contribution >= 0.6 is 0 Å². The molecule has 3 heterocycles. The molecule has 0 radical (unpaired) electrons. The van der Waals surface area contributed by atoms with E-state index in [2.05, 4.69) is 19.8 Å². The van der Waals surface area contributed by atoms with E-state index in [0.29, 0.717) is 36.0 Å².